The summed E-state index contributed by atoms with van der Waals surface area (Å²) in [5.74, 6) is 0. The normalized spacial score (nSPS) is 23.6. The maximum Gasteiger partial charge on any atom is 0.0720 e. The summed E-state index contributed by atoms with van der Waals surface area (Å²) in [6.07, 6.45) is 3.77. The van der Waals surface area contributed by atoms with Crippen LogP contribution in [0.5, 0.6) is 0 Å². The number of hydrogen-bond donors (Lipinski definition) is 0. The summed E-state index contributed by atoms with van der Waals surface area (Å²) in [6.45, 7) is 6.82. The van der Waals surface area contributed by atoms with E-state index in [2.05, 4.69) is 51.1 Å². The average molecular weight is 215 g/mol. The van der Waals surface area contributed by atoms with E-state index in [9.17, 15) is 0 Å². The van der Waals surface area contributed by atoms with E-state index in [0.29, 0.717) is 11.5 Å². The molecule has 0 radical (unpaired) electrons. The zero-order valence-corrected chi connectivity index (χ0v) is 10.5. The third-order valence-corrected chi connectivity index (χ3v) is 3.63. The number of aliphatic imine (C=N–C) groups is 1. The van der Waals surface area contributed by atoms with Crippen molar-refractivity contribution in [1.29, 1.82) is 0 Å². The molecule has 1 aromatic carbocycles. The fraction of sp³-hybridized carbons (Fsp3) is 0.533. The van der Waals surface area contributed by atoms with Crippen molar-refractivity contribution >= 4 is 5.71 Å². The van der Waals surface area contributed by atoms with Crippen LogP contribution in [-0.2, 0) is 0 Å². The van der Waals surface area contributed by atoms with Gasteiger partial charge in [0.25, 0.3) is 0 Å². The first-order valence-electron chi connectivity index (χ1n) is 6.22. The first kappa shape index (κ1) is 11.4. The molecule has 1 aliphatic rings. The van der Waals surface area contributed by atoms with Gasteiger partial charge in [-0.2, -0.15) is 0 Å². The van der Waals surface area contributed by atoms with E-state index in [1.807, 2.05) is 0 Å². The van der Waals surface area contributed by atoms with E-state index in [4.69, 9.17) is 4.99 Å². The molecule has 0 amide bonds. The van der Waals surface area contributed by atoms with Gasteiger partial charge in [-0.1, -0.05) is 44.2 Å². The predicted octanol–water partition coefficient (Wildman–Crippen LogP) is 4.40. The van der Waals surface area contributed by atoms with Crippen LogP contribution in [-0.4, -0.2) is 5.71 Å². The van der Waals surface area contributed by atoms with Crippen molar-refractivity contribution in [2.75, 3.05) is 0 Å². The largest absolute Gasteiger partial charge is 0.286 e. The van der Waals surface area contributed by atoms with Gasteiger partial charge in [0.15, 0.2) is 0 Å². The van der Waals surface area contributed by atoms with Crippen LogP contribution < -0.4 is 0 Å². The topological polar surface area (TPSA) is 12.4 Å². The molecular weight excluding hydrogens is 194 g/mol. The second-order valence-corrected chi connectivity index (χ2v) is 5.40. The van der Waals surface area contributed by atoms with Gasteiger partial charge in [0.1, 0.15) is 0 Å². The van der Waals surface area contributed by atoms with E-state index in [-0.39, 0.29) is 0 Å². The zero-order valence-electron chi connectivity index (χ0n) is 10.5. The maximum atomic E-state index is 4.92. The molecule has 0 aliphatic heterocycles. The quantitative estimate of drug-likeness (QED) is 0.693. The standard InChI is InChI=1S/C15H21N/c1-12(13-8-5-4-6-9-13)16-14-10-7-11-15(14,2)3/h4-6,8-9,12H,7,10-11H2,1-3H3. The smallest absolute Gasteiger partial charge is 0.0720 e. The van der Waals surface area contributed by atoms with Gasteiger partial charge in [0, 0.05) is 11.1 Å². The van der Waals surface area contributed by atoms with Crippen LogP contribution in [0.15, 0.2) is 35.3 Å². The van der Waals surface area contributed by atoms with Crippen LogP contribution in [0.3, 0.4) is 0 Å². The van der Waals surface area contributed by atoms with Crippen LogP contribution in [0, 0.1) is 5.41 Å². The van der Waals surface area contributed by atoms with E-state index >= 15 is 0 Å². The Hall–Kier alpha value is -1.11. The van der Waals surface area contributed by atoms with Gasteiger partial charge in [-0.25, -0.2) is 0 Å². The molecule has 1 nitrogen and oxygen atoms in total. The van der Waals surface area contributed by atoms with E-state index in [1.54, 1.807) is 0 Å². The molecule has 0 saturated heterocycles. The first-order valence-corrected chi connectivity index (χ1v) is 6.22. The summed E-state index contributed by atoms with van der Waals surface area (Å²) in [5.41, 5.74) is 3.05. The summed E-state index contributed by atoms with van der Waals surface area (Å²) < 4.78 is 0. The Labute approximate surface area is 98.6 Å². The maximum absolute atomic E-state index is 4.92. The summed E-state index contributed by atoms with van der Waals surface area (Å²) in [5, 5.41) is 0. The van der Waals surface area contributed by atoms with Crippen molar-refractivity contribution in [2.24, 2.45) is 10.4 Å². The molecule has 1 atom stereocenters. The van der Waals surface area contributed by atoms with Crippen LogP contribution >= 0.6 is 0 Å². The minimum Gasteiger partial charge on any atom is -0.286 e. The van der Waals surface area contributed by atoms with Crippen molar-refractivity contribution in [2.45, 2.75) is 46.1 Å². The Balaban J connectivity index is 2.18. The molecule has 1 aliphatic carbocycles. The zero-order chi connectivity index (χ0) is 11.6. The molecule has 1 aromatic rings. The van der Waals surface area contributed by atoms with Crippen LogP contribution in [0.1, 0.15) is 51.6 Å². The van der Waals surface area contributed by atoms with Crippen molar-refractivity contribution in [1.82, 2.24) is 0 Å². The molecule has 1 unspecified atom stereocenters. The predicted molar refractivity (Wildman–Crippen MR) is 69.9 cm³/mol. The summed E-state index contributed by atoms with van der Waals surface area (Å²) in [6, 6.07) is 10.9. The number of rotatable bonds is 2. The highest BCUT2D eigenvalue weighted by Crippen LogP contribution is 2.36. The lowest BCUT2D eigenvalue weighted by atomic mass is 9.90. The van der Waals surface area contributed by atoms with Crippen molar-refractivity contribution < 1.29 is 0 Å². The van der Waals surface area contributed by atoms with E-state index in [0.717, 1.165) is 0 Å². The third kappa shape index (κ3) is 2.34. The minimum absolute atomic E-state index is 0.300. The molecule has 0 N–H and O–H groups in total. The van der Waals surface area contributed by atoms with Gasteiger partial charge in [-0.05, 0) is 31.7 Å². The van der Waals surface area contributed by atoms with Crippen LogP contribution in [0.25, 0.3) is 0 Å². The van der Waals surface area contributed by atoms with Gasteiger partial charge >= 0.3 is 0 Å². The third-order valence-electron chi connectivity index (χ3n) is 3.63. The lowest BCUT2D eigenvalue weighted by molar-refractivity contribution is 0.508. The summed E-state index contributed by atoms with van der Waals surface area (Å²) >= 11 is 0. The second-order valence-electron chi connectivity index (χ2n) is 5.40. The molecule has 2 rings (SSSR count). The Bertz CT molecular complexity index is 376. The molecule has 16 heavy (non-hydrogen) atoms. The van der Waals surface area contributed by atoms with Crippen molar-refractivity contribution in [3.8, 4) is 0 Å². The molecule has 1 saturated carbocycles. The van der Waals surface area contributed by atoms with Gasteiger partial charge in [-0.3, -0.25) is 4.99 Å². The molecule has 86 valence electrons. The highest BCUT2D eigenvalue weighted by Gasteiger charge is 2.30. The molecule has 1 fully saturated rings. The molecule has 0 spiro atoms. The van der Waals surface area contributed by atoms with Crippen molar-refractivity contribution in [3.05, 3.63) is 35.9 Å². The molecule has 0 bridgehead atoms. The highest BCUT2D eigenvalue weighted by atomic mass is 14.8. The van der Waals surface area contributed by atoms with Gasteiger partial charge in [0.05, 0.1) is 6.04 Å². The fourth-order valence-corrected chi connectivity index (χ4v) is 2.46. The molecule has 0 heterocycles. The van der Waals surface area contributed by atoms with Crippen LogP contribution in [0.2, 0.25) is 0 Å². The number of nitrogens with zero attached hydrogens (tertiary/aromatic N) is 1. The Morgan fingerprint density at radius 1 is 1.19 bits per heavy atom. The SMILES string of the molecule is CC(N=C1CCCC1(C)C)c1ccccc1. The monoisotopic (exact) mass is 215 g/mol. The number of hydrogen-bond acceptors (Lipinski definition) is 1. The fourth-order valence-electron chi connectivity index (χ4n) is 2.46. The minimum atomic E-state index is 0.300. The van der Waals surface area contributed by atoms with Crippen LogP contribution in [0.4, 0.5) is 0 Å². The average Bonchev–Trinajstić information content (AvgIpc) is 2.59. The lowest BCUT2D eigenvalue weighted by Crippen LogP contribution is -2.17. The van der Waals surface area contributed by atoms with E-state index < -0.39 is 0 Å². The number of benzene rings is 1. The Kier molecular flexibility index (Phi) is 3.13. The molecule has 1 heteroatoms. The van der Waals surface area contributed by atoms with Gasteiger partial charge < -0.3 is 0 Å². The second kappa shape index (κ2) is 4.40. The first-order chi connectivity index (χ1) is 7.59. The summed E-state index contributed by atoms with van der Waals surface area (Å²) in [4.78, 5) is 4.92. The Morgan fingerprint density at radius 2 is 1.88 bits per heavy atom. The van der Waals surface area contributed by atoms with Gasteiger partial charge in [-0.15, -0.1) is 0 Å². The molecule has 0 aromatic heterocycles. The van der Waals surface area contributed by atoms with Gasteiger partial charge in [0.2, 0.25) is 0 Å². The van der Waals surface area contributed by atoms with Crippen molar-refractivity contribution in [3.63, 3.8) is 0 Å². The van der Waals surface area contributed by atoms with E-state index in [1.165, 1.54) is 30.5 Å². The Morgan fingerprint density at radius 3 is 2.44 bits per heavy atom. The summed E-state index contributed by atoms with van der Waals surface area (Å²) in [7, 11) is 0. The molecular formula is C15H21N. The highest BCUT2D eigenvalue weighted by molar-refractivity contribution is 5.91. The lowest BCUT2D eigenvalue weighted by Gasteiger charge is -2.20.